The van der Waals surface area contributed by atoms with Crippen molar-refractivity contribution in [3.63, 3.8) is 0 Å². The average Bonchev–Trinajstić information content (AvgIpc) is 2.85. The van der Waals surface area contributed by atoms with E-state index in [1.807, 2.05) is 0 Å². The van der Waals surface area contributed by atoms with E-state index in [1.165, 1.54) is 58.2 Å². The van der Waals surface area contributed by atoms with E-state index in [0.29, 0.717) is 0 Å². The molecule has 3 aliphatic rings. The lowest BCUT2D eigenvalue weighted by Gasteiger charge is -2.47. The van der Waals surface area contributed by atoms with Gasteiger partial charge in [-0.05, 0) is 45.1 Å². The van der Waals surface area contributed by atoms with E-state index in [1.54, 1.807) is 0 Å². The third-order valence-corrected chi connectivity index (χ3v) is 5.02. The molecule has 2 aliphatic heterocycles. The second-order valence-electron chi connectivity index (χ2n) is 5.99. The molecule has 0 aromatic carbocycles. The van der Waals surface area contributed by atoms with Crippen LogP contribution in [0.15, 0.2) is 12.2 Å². The van der Waals surface area contributed by atoms with E-state index in [4.69, 9.17) is 0 Å². The Bertz CT molecular complexity index is 287. The second-order valence-corrected chi connectivity index (χ2v) is 5.99. The lowest BCUT2D eigenvalue weighted by Crippen LogP contribution is -2.58. The SMILES string of the molecule is CCC1CN2CCCC2CN1C1CC=CCC1. The average molecular weight is 234 g/mol. The normalized spacial score (nSPS) is 39.5. The Balaban J connectivity index is 1.70. The summed E-state index contributed by atoms with van der Waals surface area (Å²) in [5, 5.41) is 0. The maximum atomic E-state index is 2.86. The molecule has 96 valence electrons. The van der Waals surface area contributed by atoms with Gasteiger partial charge in [-0.3, -0.25) is 9.80 Å². The van der Waals surface area contributed by atoms with Crippen molar-refractivity contribution < 1.29 is 0 Å². The molecule has 3 rings (SSSR count). The number of nitrogens with zero attached hydrogens (tertiary/aromatic N) is 2. The summed E-state index contributed by atoms with van der Waals surface area (Å²) in [4.78, 5) is 5.61. The predicted molar refractivity (Wildman–Crippen MR) is 72.2 cm³/mol. The van der Waals surface area contributed by atoms with Crippen LogP contribution >= 0.6 is 0 Å². The Morgan fingerprint density at radius 3 is 2.82 bits per heavy atom. The van der Waals surface area contributed by atoms with Gasteiger partial charge in [0.1, 0.15) is 0 Å². The minimum atomic E-state index is 0.820. The number of rotatable bonds is 2. The highest BCUT2D eigenvalue weighted by molar-refractivity contribution is 4.99. The minimum absolute atomic E-state index is 0.820. The summed E-state index contributed by atoms with van der Waals surface area (Å²) in [6.07, 6.45) is 12.9. The molecule has 2 heterocycles. The van der Waals surface area contributed by atoms with Gasteiger partial charge in [0.2, 0.25) is 0 Å². The summed E-state index contributed by atoms with van der Waals surface area (Å²) in [5.41, 5.74) is 0. The highest BCUT2D eigenvalue weighted by atomic mass is 15.3. The summed E-state index contributed by atoms with van der Waals surface area (Å²) in [5.74, 6) is 0. The molecule has 17 heavy (non-hydrogen) atoms. The molecule has 0 aromatic heterocycles. The molecule has 0 saturated carbocycles. The van der Waals surface area contributed by atoms with Crippen LogP contribution in [0.5, 0.6) is 0 Å². The Hall–Kier alpha value is -0.340. The highest BCUT2D eigenvalue weighted by Crippen LogP contribution is 2.30. The Morgan fingerprint density at radius 1 is 1.12 bits per heavy atom. The minimum Gasteiger partial charge on any atom is -0.298 e. The van der Waals surface area contributed by atoms with Gasteiger partial charge in [0, 0.05) is 31.2 Å². The van der Waals surface area contributed by atoms with Crippen molar-refractivity contribution in [3.8, 4) is 0 Å². The molecule has 0 aromatic rings. The van der Waals surface area contributed by atoms with Gasteiger partial charge < -0.3 is 0 Å². The first-order valence-electron chi connectivity index (χ1n) is 7.53. The second kappa shape index (κ2) is 5.11. The van der Waals surface area contributed by atoms with Crippen LogP contribution < -0.4 is 0 Å². The molecule has 2 saturated heterocycles. The highest BCUT2D eigenvalue weighted by Gasteiger charge is 2.37. The molecule has 0 N–H and O–H groups in total. The van der Waals surface area contributed by atoms with Gasteiger partial charge in [-0.2, -0.15) is 0 Å². The topological polar surface area (TPSA) is 6.48 Å². The first-order valence-corrected chi connectivity index (χ1v) is 7.53. The van der Waals surface area contributed by atoms with Gasteiger partial charge in [0.15, 0.2) is 0 Å². The largest absolute Gasteiger partial charge is 0.298 e. The number of hydrogen-bond acceptors (Lipinski definition) is 2. The molecular formula is C15H26N2. The van der Waals surface area contributed by atoms with Crippen LogP contribution in [0, 0.1) is 0 Å². The van der Waals surface area contributed by atoms with Crippen molar-refractivity contribution in [1.29, 1.82) is 0 Å². The van der Waals surface area contributed by atoms with Crippen molar-refractivity contribution in [3.05, 3.63) is 12.2 Å². The van der Waals surface area contributed by atoms with Crippen LogP contribution in [0.25, 0.3) is 0 Å². The first-order chi connectivity index (χ1) is 8.38. The van der Waals surface area contributed by atoms with Crippen LogP contribution in [-0.2, 0) is 0 Å². The number of allylic oxidation sites excluding steroid dienone is 1. The van der Waals surface area contributed by atoms with E-state index in [-0.39, 0.29) is 0 Å². The Morgan fingerprint density at radius 2 is 2.06 bits per heavy atom. The molecule has 3 unspecified atom stereocenters. The standard InChI is InChI=1S/C15H26N2/c1-2-13-11-16-10-6-9-15(16)12-17(13)14-7-4-3-5-8-14/h3-4,13-15H,2,5-12H2,1H3. The van der Waals surface area contributed by atoms with Crippen LogP contribution in [0.2, 0.25) is 0 Å². The lowest BCUT2D eigenvalue weighted by molar-refractivity contribution is 0.0156. The third kappa shape index (κ3) is 2.30. The first kappa shape index (κ1) is 11.7. The zero-order valence-electron chi connectivity index (χ0n) is 11.1. The number of piperazine rings is 1. The summed E-state index contributed by atoms with van der Waals surface area (Å²) in [7, 11) is 0. The number of hydrogen-bond donors (Lipinski definition) is 0. The third-order valence-electron chi connectivity index (χ3n) is 5.02. The maximum absolute atomic E-state index is 2.86. The Labute approximate surface area is 106 Å². The quantitative estimate of drug-likeness (QED) is 0.678. The fourth-order valence-corrected chi connectivity index (χ4v) is 4.00. The van der Waals surface area contributed by atoms with Crippen molar-refractivity contribution in [2.24, 2.45) is 0 Å². The molecular weight excluding hydrogens is 208 g/mol. The van der Waals surface area contributed by atoms with Crippen LogP contribution in [0.4, 0.5) is 0 Å². The lowest BCUT2D eigenvalue weighted by atomic mass is 9.95. The number of fused-ring (bicyclic) bond motifs is 1. The van der Waals surface area contributed by atoms with E-state index in [2.05, 4.69) is 28.9 Å². The zero-order chi connectivity index (χ0) is 11.7. The Kier molecular flexibility index (Phi) is 3.53. The van der Waals surface area contributed by atoms with Crippen molar-refractivity contribution in [2.75, 3.05) is 19.6 Å². The van der Waals surface area contributed by atoms with Gasteiger partial charge in [-0.1, -0.05) is 19.1 Å². The summed E-state index contributed by atoms with van der Waals surface area (Å²) in [6.45, 7) is 6.41. The van der Waals surface area contributed by atoms with Crippen molar-refractivity contribution in [2.45, 2.75) is 63.6 Å². The summed E-state index contributed by atoms with van der Waals surface area (Å²) in [6, 6.07) is 2.54. The fraction of sp³-hybridized carbons (Fsp3) is 0.867. The molecule has 2 nitrogen and oxygen atoms in total. The van der Waals surface area contributed by atoms with Gasteiger partial charge in [0.25, 0.3) is 0 Å². The van der Waals surface area contributed by atoms with Gasteiger partial charge in [-0.15, -0.1) is 0 Å². The smallest absolute Gasteiger partial charge is 0.0224 e. The predicted octanol–water partition coefficient (Wildman–Crippen LogP) is 2.65. The van der Waals surface area contributed by atoms with Crippen LogP contribution in [0.3, 0.4) is 0 Å². The van der Waals surface area contributed by atoms with Gasteiger partial charge in [-0.25, -0.2) is 0 Å². The maximum Gasteiger partial charge on any atom is 0.0224 e. The summed E-state index contributed by atoms with van der Waals surface area (Å²) < 4.78 is 0. The molecule has 1 aliphatic carbocycles. The van der Waals surface area contributed by atoms with E-state index in [9.17, 15) is 0 Å². The monoisotopic (exact) mass is 234 g/mol. The summed E-state index contributed by atoms with van der Waals surface area (Å²) >= 11 is 0. The van der Waals surface area contributed by atoms with Crippen molar-refractivity contribution >= 4 is 0 Å². The van der Waals surface area contributed by atoms with Gasteiger partial charge >= 0.3 is 0 Å². The molecule has 0 spiro atoms. The van der Waals surface area contributed by atoms with E-state index in [0.717, 1.165) is 18.1 Å². The molecule has 2 fully saturated rings. The molecule has 0 amide bonds. The van der Waals surface area contributed by atoms with Gasteiger partial charge in [0.05, 0.1) is 0 Å². The molecule has 3 atom stereocenters. The van der Waals surface area contributed by atoms with E-state index < -0.39 is 0 Å². The fourth-order valence-electron chi connectivity index (χ4n) is 4.00. The van der Waals surface area contributed by atoms with Crippen LogP contribution in [-0.4, -0.2) is 47.6 Å². The molecule has 0 radical (unpaired) electrons. The molecule has 0 bridgehead atoms. The zero-order valence-corrected chi connectivity index (χ0v) is 11.1. The van der Waals surface area contributed by atoms with E-state index >= 15 is 0 Å². The molecule has 2 heteroatoms. The van der Waals surface area contributed by atoms with Crippen molar-refractivity contribution in [1.82, 2.24) is 9.80 Å². The van der Waals surface area contributed by atoms with Crippen LogP contribution in [0.1, 0.15) is 45.4 Å².